The van der Waals surface area contributed by atoms with Crippen LogP contribution in [-0.2, 0) is 10.0 Å². The zero-order chi connectivity index (χ0) is 16.3. The lowest BCUT2D eigenvalue weighted by atomic mass is 9.86. The molecule has 1 aromatic rings. The van der Waals surface area contributed by atoms with Crippen molar-refractivity contribution >= 4 is 10.0 Å². The number of rotatable bonds is 5. The van der Waals surface area contributed by atoms with Crippen molar-refractivity contribution in [3.63, 3.8) is 0 Å². The molecule has 0 amide bonds. The third-order valence-electron chi connectivity index (χ3n) is 3.39. The first-order chi connectivity index (χ1) is 9.61. The molecule has 21 heavy (non-hydrogen) atoms. The van der Waals surface area contributed by atoms with Crippen LogP contribution in [-0.4, -0.2) is 26.2 Å². The summed E-state index contributed by atoms with van der Waals surface area (Å²) in [6.07, 6.45) is 0.345. The average molecular weight is 310 g/mol. The maximum atomic E-state index is 12.4. The third kappa shape index (κ3) is 4.53. The molecule has 0 saturated carbocycles. The number of aliphatic hydroxyl groups is 1. The lowest BCUT2D eigenvalue weighted by Gasteiger charge is -2.30. The van der Waals surface area contributed by atoms with Crippen LogP contribution in [0.15, 0.2) is 23.1 Å². The van der Waals surface area contributed by atoms with Crippen molar-refractivity contribution in [2.45, 2.75) is 45.1 Å². The summed E-state index contributed by atoms with van der Waals surface area (Å²) in [5, 5.41) is 18.0. The quantitative estimate of drug-likeness (QED) is 0.869. The molecular weight excluding hydrogens is 288 g/mol. The summed E-state index contributed by atoms with van der Waals surface area (Å²) < 4.78 is 27.5. The molecule has 0 aliphatic rings. The third-order valence-corrected chi connectivity index (χ3v) is 4.86. The first-order valence-corrected chi connectivity index (χ1v) is 8.24. The Hall–Kier alpha value is -1.42. The smallest absolute Gasteiger partial charge is 0.240 e. The molecular formula is C15H22N2O3S. The van der Waals surface area contributed by atoms with E-state index in [-0.39, 0.29) is 23.0 Å². The molecule has 1 rings (SSSR count). The van der Waals surface area contributed by atoms with E-state index in [0.717, 1.165) is 0 Å². The Morgan fingerprint density at radius 2 is 2.00 bits per heavy atom. The molecule has 0 aliphatic heterocycles. The number of aliphatic hydroxyl groups excluding tert-OH is 1. The lowest BCUT2D eigenvalue weighted by Crippen LogP contribution is -2.44. The molecule has 0 aromatic heterocycles. The van der Waals surface area contributed by atoms with Crippen LogP contribution in [0.25, 0.3) is 0 Å². The van der Waals surface area contributed by atoms with Crippen LogP contribution in [0, 0.1) is 23.7 Å². The minimum absolute atomic E-state index is 0.0865. The van der Waals surface area contributed by atoms with Crippen molar-refractivity contribution in [2.75, 3.05) is 6.61 Å². The molecule has 0 fully saturated rings. The number of hydrogen-bond acceptors (Lipinski definition) is 4. The fourth-order valence-electron chi connectivity index (χ4n) is 1.98. The van der Waals surface area contributed by atoms with Crippen molar-refractivity contribution in [3.05, 3.63) is 29.3 Å². The molecule has 0 aliphatic carbocycles. The number of nitriles is 1. The van der Waals surface area contributed by atoms with Gasteiger partial charge in [0, 0.05) is 12.6 Å². The van der Waals surface area contributed by atoms with E-state index in [1.807, 2.05) is 26.8 Å². The van der Waals surface area contributed by atoms with Gasteiger partial charge in [-0.1, -0.05) is 20.8 Å². The average Bonchev–Trinajstić information content (AvgIpc) is 2.36. The highest BCUT2D eigenvalue weighted by atomic mass is 32.2. The van der Waals surface area contributed by atoms with Crippen LogP contribution in [0.4, 0.5) is 0 Å². The van der Waals surface area contributed by atoms with E-state index < -0.39 is 10.0 Å². The van der Waals surface area contributed by atoms with Gasteiger partial charge in [-0.25, -0.2) is 13.1 Å². The van der Waals surface area contributed by atoms with Crippen LogP contribution < -0.4 is 4.72 Å². The standard InChI is InChI=1S/C15H22N2O3S/c1-11-9-13(6-5-12(11)10-16)21(19,20)17-14(7-8-18)15(2,3)4/h5-6,9,14,17-18H,7-8H2,1-4H3. The van der Waals surface area contributed by atoms with Gasteiger partial charge in [0.05, 0.1) is 16.5 Å². The lowest BCUT2D eigenvalue weighted by molar-refractivity contribution is 0.214. The fraction of sp³-hybridized carbons (Fsp3) is 0.533. The van der Waals surface area contributed by atoms with Crippen LogP contribution >= 0.6 is 0 Å². The second kappa shape index (κ2) is 6.56. The van der Waals surface area contributed by atoms with Gasteiger partial charge in [-0.15, -0.1) is 0 Å². The maximum Gasteiger partial charge on any atom is 0.240 e. The van der Waals surface area contributed by atoms with Gasteiger partial charge in [0.25, 0.3) is 0 Å². The highest BCUT2D eigenvalue weighted by Crippen LogP contribution is 2.24. The Morgan fingerprint density at radius 1 is 1.38 bits per heavy atom. The summed E-state index contributed by atoms with van der Waals surface area (Å²) in [6.45, 7) is 7.36. The molecule has 0 spiro atoms. The Morgan fingerprint density at radius 3 is 2.43 bits per heavy atom. The van der Waals surface area contributed by atoms with Gasteiger partial charge in [-0.2, -0.15) is 5.26 Å². The highest BCUT2D eigenvalue weighted by Gasteiger charge is 2.29. The van der Waals surface area contributed by atoms with E-state index in [0.29, 0.717) is 17.5 Å². The molecule has 0 saturated heterocycles. The maximum absolute atomic E-state index is 12.4. The van der Waals surface area contributed by atoms with E-state index >= 15 is 0 Å². The highest BCUT2D eigenvalue weighted by molar-refractivity contribution is 7.89. The van der Waals surface area contributed by atoms with E-state index in [1.54, 1.807) is 6.92 Å². The zero-order valence-electron chi connectivity index (χ0n) is 12.8. The van der Waals surface area contributed by atoms with E-state index in [9.17, 15) is 8.42 Å². The minimum atomic E-state index is -3.68. The van der Waals surface area contributed by atoms with Crippen LogP contribution in [0.3, 0.4) is 0 Å². The Balaban J connectivity index is 3.11. The largest absolute Gasteiger partial charge is 0.396 e. The van der Waals surface area contributed by atoms with Crippen molar-refractivity contribution in [1.29, 1.82) is 5.26 Å². The summed E-state index contributed by atoms with van der Waals surface area (Å²) in [5.41, 5.74) is 0.767. The van der Waals surface area contributed by atoms with Gasteiger partial charge in [0.1, 0.15) is 0 Å². The molecule has 0 heterocycles. The second-order valence-corrected chi connectivity index (χ2v) is 7.85. The minimum Gasteiger partial charge on any atom is -0.396 e. The van der Waals surface area contributed by atoms with Crippen molar-refractivity contribution in [3.8, 4) is 6.07 Å². The van der Waals surface area contributed by atoms with Crippen molar-refractivity contribution < 1.29 is 13.5 Å². The topological polar surface area (TPSA) is 90.2 Å². The van der Waals surface area contributed by atoms with E-state index in [4.69, 9.17) is 10.4 Å². The molecule has 1 unspecified atom stereocenters. The number of nitrogens with one attached hydrogen (secondary N) is 1. The summed E-state index contributed by atoms with van der Waals surface area (Å²) in [4.78, 5) is 0.131. The van der Waals surface area contributed by atoms with E-state index in [1.165, 1.54) is 18.2 Å². The normalized spacial score (nSPS) is 13.7. The number of sulfonamides is 1. The first kappa shape index (κ1) is 17.6. The van der Waals surface area contributed by atoms with Crippen LogP contribution in [0.1, 0.15) is 38.3 Å². The molecule has 1 atom stereocenters. The zero-order valence-corrected chi connectivity index (χ0v) is 13.7. The number of benzene rings is 1. The monoisotopic (exact) mass is 310 g/mol. The van der Waals surface area contributed by atoms with Gasteiger partial charge >= 0.3 is 0 Å². The summed E-state index contributed by atoms with van der Waals surface area (Å²) in [6, 6.07) is 6.05. The summed E-state index contributed by atoms with van der Waals surface area (Å²) >= 11 is 0. The fourth-order valence-corrected chi connectivity index (χ4v) is 3.54. The number of aryl methyl sites for hydroxylation is 1. The van der Waals surface area contributed by atoms with E-state index in [2.05, 4.69) is 4.72 Å². The molecule has 5 nitrogen and oxygen atoms in total. The molecule has 0 bridgehead atoms. The SMILES string of the molecule is Cc1cc(S(=O)(=O)NC(CCO)C(C)(C)C)ccc1C#N. The number of hydrogen-bond donors (Lipinski definition) is 2. The molecule has 0 radical (unpaired) electrons. The molecule has 1 aromatic carbocycles. The Kier molecular flexibility index (Phi) is 5.51. The van der Waals surface area contributed by atoms with Crippen molar-refractivity contribution in [1.82, 2.24) is 4.72 Å². The predicted octanol–water partition coefficient (Wildman–Crippen LogP) is 1.94. The number of nitrogens with zero attached hydrogens (tertiary/aromatic N) is 1. The van der Waals surface area contributed by atoms with Gasteiger partial charge in [0.2, 0.25) is 10.0 Å². The molecule has 6 heteroatoms. The predicted molar refractivity (Wildman–Crippen MR) is 81.2 cm³/mol. The Labute approximate surface area is 126 Å². The van der Waals surface area contributed by atoms with Gasteiger partial charge in [-0.3, -0.25) is 0 Å². The van der Waals surface area contributed by atoms with Gasteiger partial charge in [-0.05, 0) is 42.5 Å². The summed E-state index contributed by atoms with van der Waals surface area (Å²) in [5.74, 6) is 0. The molecule has 2 N–H and O–H groups in total. The van der Waals surface area contributed by atoms with Crippen molar-refractivity contribution in [2.24, 2.45) is 5.41 Å². The first-order valence-electron chi connectivity index (χ1n) is 6.76. The summed E-state index contributed by atoms with van der Waals surface area (Å²) in [7, 11) is -3.68. The van der Waals surface area contributed by atoms with Crippen LogP contribution in [0.2, 0.25) is 0 Å². The van der Waals surface area contributed by atoms with Gasteiger partial charge < -0.3 is 5.11 Å². The van der Waals surface area contributed by atoms with Crippen LogP contribution in [0.5, 0.6) is 0 Å². The van der Waals surface area contributed by atoms with Gasteiger partial charge in [0.15, 0.2) is 0 Å². The Bertz CT molecular complexity index is 640. The molecule has 116 valence electrons. The second-order valence-electron chi connectivity index (χ2n) is 6.14.